The molecule has 1 aliphatic heterocycles. The summed E-state index contributed by atoms with van der Waals surface area (Å²) in [5, 5.41) is 2.93. The molecular formula is C25H26F2N4O2S. The Morgan fingerprint density at radius 1 is 0.941 bits per heavy atom. The van der Waals surface area contributed by atoms with Crippen LogP contribution in [0.25, 0.3) is 0 Å². The summed E-state index contributed by atoms with van der Waals surface area (Å²) in [6, 6.07) is 16.2. The number of halogens is 2. The molecule has 0 bridgehead atoms. The van der Waals surface area contributed by atoms with Crippen LogP contribution in [0, 0.1) is 11.6 Å². The van der Waals surface area contributed by atoms with Gasteiger partial charge in [0.25, 0.3) is 10.0 Å². The molecule has 0 saturated carbocycles. The number of hydrogen-bond donors (Lipinski definition) is 2. The third-order valence-electron chi connectivity index (χ3n) is 5.66. The lowest BCUT2D eigenvalue weighted by Gasteiger charge is -2.26. The highest BCUT2D eigenvalue weighted by atomic mass is 32.2. The zero-order valence-electron chi connectivity index (χ0n) is 19.1. The zero-order valence-corrected chi connectivity index (χ0v) is 20.0. The Balaban J connectivity index is 1.67. The van der Waals surface area contributed by atoms with E-state index >= 15 is 0 Å². The van der Waals surface area contributed by atoms with Gasteiger partial charge in [-0.2, -0.15) is 0 Å². The summed E-state index contributed by atoms with van der Waals surface area (Å²) < 4.78 is 57.6. The summed E-state index contributed by atoms with van der Waals surface area (Å²) in [4.78, 5) is 6.32. The predicted molar refractivity (Wildman–Crippen MR) is 129 cm³/mol. The first-order chi connectivity index (χ1) is 16.2. The molecular weight excluding hydrogens is 458 g/mol. The lowest BCUT2D eigenvalue weighted by atomic mass is 9.91. The van der Waals surface area contributed by atoms with Gasteiger partial charge in [0, 0.05) is 18.0 Å². The number of nitrogens with zero attached hydrogens (tertiary/aromatic N) is 2. The maximum absolute atomic E-state index is 15.0. The Kier molecular flexibility index (Phi) is 6.67. The quantitative estimate of drug-likeness (QED) is 0.543. The highest BCUT2D eigenvalue weighted by Gasteiger charge is 2.32. The second kappa shape index (κ2) is 9.52. The molecule has 0 spiro atoms. The van der Waals surface area contributed by atoms with Gasteiger partial charge in [0.2, 0.25) is 5.96 Å². The number of benzene rings is 3. The molecule has 6 nitrogen and oxygen atoms in total. The molecule has 0 saturated heterocycles. The second-order valence-electron chi connectivity index (χ2n) is 8.53. The Morgan fingerprint density at radius 2 is 1.62 bits per heavy atom. The zero-order chi connectivity index (χ0) is 24.5. The standard InChI is InChI=1S/C25H26F2N4O2S/c1-16(19-6-4-5-7-20(19)26)23-21(27)12-13-22-24(23)29-25(30-34(22,32)33)28-14-17-8-10-18(11-9-17)15-31(2)3/h4-13,16H,14-15H2,1-3H3,(H2,28,29,30). The highest BCUT2D eigenvalue weighted by Crippen LogP contribution is 2.38. The van der Waals surface area contributed by atoms with Crippen LogP contribution in [0.4, 0.5) is 14.5 Å². The van der Waals surface area contributed by atoms with Crippen molar-refractivity contribution >= 4 is 21.7 Å². The molecule has 9 heteroatoms. The van der Waals surface area contributed by atoms with Crippen LogP contribution in [0.3, 0.4) is 0 Å². The summed E-state index contributed by atoms with van der Waals surface area (Å²) in [6.07, 6.45) is 0. The van der Waals surface area contributed by atoms with E-state index in [1.165, 1.54) is 12.1 Å². The highest BCUT2D eigenvalue weighted by molar-refractivity contribution is 7.90. The Morgan fingerprint density at radius 3 is 2.29 bits per heavy atom. The van der Waals surface area contributed by atoms with E-state index in [2.05, 4.69) is 19.9 Å². The maximum atomic E-state index is 15.0. The molecule has 2 N–H and O–H groups in total. The van der Waals surface area contributed by atoms with E-state index in [0.717, 1.165) is 23.7 Å². The van der Waals surface area contributed by atoms with Crippen LogP contribution in [0.5, 0.6) is 0 Å². The topological polar surface area (TPSA) is 73.8 Å². The predicted octanol–water partition coefficient (Wildman–Crippen LogP) is 4.44. The number of rotatable bonds is 6. The van der Waals surface area contributed by atoms with Crippen molar-refractivity contribution in [3.05, 3.63) is 94.6 Å². The van der Waals surface area contributed by atoms with Gasteiger partial charge in [0.15, 0.2) is 0 Å². The van der Waals surface area contributed by atoms with Gasteiger partial charge < -0.3 is 10.2 Å². The fourth-order valence-electron chi connectivity index (χ4n) is 4.02. The van der Waals surface area contributed by atoms with Gasteiger partial charge in [-0.1, -0.05) is 49.4 Å². The van der Waals surface area contributed by atoms with Crippen LogP contribution >= 0.6 is 0 Å². The summed E-state index contributed by atoms with van der Waals surface area (Å²) in [5.74, 6) is -1.87. The van der Waals surface area contributed by atoms with Gasteiger partial charge in [0.05, 0.1) is 12.2 Å². The molecule has 3 aromatic carbocycles. The van der Waals surface area contributed by atoms with E-state index in [1.807, 2.05) is 38.4 Å². The van der Waals surface area contributed by atoms with Crippen molar-refractivity contribution in [2.75, 3.05) is 19.4 Å². The molecule has 0 aromatic heterocycles. The third kappa shape index (κ3) is 4.95. The van der Waals surface area contributed by atoms with E-state index in [-0.39, 0.29) is 34.2 Å². The molecule has 178 valence electrons. The van der Waals surface area contributed by atoms with Gasteiger partial charge in [0.1, 0.15) is 16.5 Å². The van der Waals surface area contributed by atoms with Gasteiger partial charge in [-0.15, -0.1) is 0 Å². The Hall–Kier alpha value is -3.30. The molecule has 0 amide bonds. The third-order valence-corrected chi connectivity index (χ3v) is 7.05. The van der Waals surface area contributed by atoms with Crippen molar-refractivity contribution in [2.24, 2.45) is 4.99 Å². The molecule has 0 aliphatic carbocycles. The second-order valence-corrected chi connectivity index (χ2v) is 10.2. The van der Waals surface area contributed by atoms with E-state index < -0.39 is 27.6 Å². The summed E-state index contributed by atoms with van der Waals surface area (Å²) in [7, 11) is -0.0125. The maximum Gasteiger partial charge on any atom is 0.266 e. The molecule has 34 heavy (non-hydrogen) atoms. The van der Waals surface area contributed by atoms with Crippen molar-refractivity contribution in [1.82, 2.24) is 9.62 Å². The largest absolute Gasteiger partial charge is 0.324 e. The summed E-state index contributed by atoms with van der Waals surface area (Å²) in [5.41, 5.74) is 2.43. The van der Waals surface area contributed by atoms with Crippen LogP contribution < -0.4 is 10.0 Å². The smallest absolute Gasteiger partial charge is 0.266 e. The van der Waals surface area contributed by atoms with Crippen molar-refractivity contribution < 1.29 is 17.2 Å². The number of fused-ring (bicyclic) bond motifs is 1. The van der Waals surface area contributed by atoms with E-state index in [4.69, 9.17) is 0 Å². The van der Waals surface area contributed by atoms with Crippen molar-refractivity contribution in [3.8, 4) is 0 Å². The van der Waals surface area contributed by atoms with Crippen LogP contribution in [0.2, 0.25) is 0 Å². The number of aliphatic imine (C=N–C) groups is 1. The van der Waals surface area contributed by atoms with Gasteiger partial charge in [-0.05, 0) is 49.0 Å². The van der Waals surface area contributed by atoms with Gasteiger partial charge >= 0.3 is 0 Å². The normalized spacial score (nSPS) is 16.6. The first kappa shape index (κ1) is 23.8. The molecule has 1 aliphatic rings. The minimum atomic E-state index is -3.99. The van der Waals surface area contributed by atoms with Crippen molar-refractivity contribution in [1.29, 1.82) is 0 Å². The van der Waals surface area contributed by atoms with E-state index in [1.54, 1.807) is 25.1 Å². The molecule has 1 atom stereocenters. The fraction of sp³-hybridized carbons (Fsp3) is 0.240. The molecule has 1 unspecified atom stereocenters. The molecule has 0 radical (unpaired) electrons. The van der Waals surface area contributed by atoms with Crippen LogP contribution in [-0.2, 0) is 23.1 Å². The molecule has 1 heterocycles. The number of sulfonamides is 1. The minimum Gasteiger partial charge on any atom is -0.324 e. The Bertz CT molecular complexity index is 1340. The van der Waals surface area contributed by atoms with E-state index in [9.17, 15) is 17.2 Å². The summed E-state index contributed by atoms with van der Waals surface area (Å²) in [6.45, 7) is 2.66. The molecule has 4 rings (SSSR count). The SMILES string of the molecule is CC(c1ccccc1F)c1c(F)ccc2c1NC(=NCc1ccc(CN(C)C)cc1)NS2(=O)=O. The molecule has 3 aromatic rings. The number of anilines is 1. The number of nitrogens with one attached hydrogen (secondary N) is 2. The van der Waals surface area contributed by atoms with Crippen molar-refractivity contribution in [2.45, 2.75) is 30.8 Å². The Labute approximate surface area is 198 Å². The van der Waals surface area contributed by atoms with Gasteiger partial charge in [-0.25, -0.2) is 26.9 Å². The monoisotopic (exact) mass is 484 g/mol. The fourth-order valence-corrected chi connectivity index (χ4v) is 5.17. The lowest BCUT2D eigenvalue weighted by Crippen LogP contribution is -2.41. The first-order valence-corrected chi connectivity index (χ1v) is 12.3. The number of hydrogen-bond acceptors (Lipinski definition) is 4. The average molecular weight is 485 g/mol. The summed E-state index contributed by atoms with van der Waals surface area (Å²) >= 11 is 0. The van der Waals surface area contributed by atoms with Crippen molar-refractivity contribution in [3.63, 3.8) is 0 Å². The van der Waals surface area contributed by atoms with Crippen LogP contribution in [-0.4, -0.2) is 33.4 Å². The first-order valence-electron chi connectivity index (χ1n) is 10.8. The lowest BCUT2D eigenvalue weighted by molar-refractivity contribution is 0.402. The van der Waals surface area contributed by atoms with Gasteiger partial charge in [-0.3, -0.25) is 0 Å². The molecule has 0 fully saturated rings. The average Bonchev–Trinajstić information content (AvgIpc) is 2.77. The minimum absolute atomic E-state index is 0.0162. The van der Waals surface area contributed by atoms with Crippen LogP contribution in [0.15, 0.2) is 70.6 Å². The number of guanidine groups is 1. The van der Waals surface area contributed by atoms with E-state index in [0.29, 0.717) is 0 Å². The van der Waals surface area contributed by atoms with Crippen LogP contribution in [0.1, 0.15) is 35.1 Å².